The van der Waals surface area contributed by atoms with Crippen LogP contribution in [0.1, 0.15) is 33.1 Å². The van der Waals surface area contributed by atoms with Gasteiger partial charge in [-0.1, -0.05) is 13.8 Å². The second-order valence-electron chi connectivity index (χ2n) is 4.30. The van der Waals surface area contributed by atoms with Crippen LogP contribution in [0.25, 0.3) is 0 Å². The van der Waals surface area contributed by atoms with Crippen molar-refractivity contribution in [2.75, 3.05) is 6.61 Å². The Balaban J connectivity index is 2.36. The minimum absolute atomic E-state index is 0.123. The van der Waals surface area contributed by atoms with Crippen LogP contribution in [0.15, 0.2) is 0 Å². The molecule has 1 fully saturated rings. The molecule has 0 spiro atoms. The van der Waals surface area contributed by atoms with E-state index in [1.807, 2.05) is 0 Å². The molecule has 3 N–H and O–H groups in total. The molecule has 0 amide bonds. The Morgan fingerprint density at radius 1 is 1.38 bits per heavy atom. The van der Waals surface area contributed by atoms with Crippen molar-refractivity contribution in [2.45, 2.75) is 51.3 Å². The first kappa shape index (κ1) is 11.0. The second-order valence-corrected chi connectivity index (χ2v) is 4.30. The predicted molar refractivity (Wildman–Crippen MR) is 52.5 cm³/mol. The van der Waals surface area contributed by atoms with Crippen LogP contribution >= 0.6 is 0 Å². The molecule has 0 aliphatic heterocycles. The van der Waals surface area contributed by atoms with Crippen molar-refractivity contribution in [3.05, 3.63) is 0 Å². The molecule has 3 nitrogen and oxygen atoms in total. The number of hydrogen-bond donors (Lipinski definition) is 3. The summed E-state index contributed by atoms with van der Waals surface area (Å²) < 4.78 is 0. The van der Waals surface area contributed by atoms with Gasteiger partial charge in [-0.05, 0) is 25.2 Å². The molecule has 13 heavy (non-hydrogen) atoms. The minimum atomic E-state index is -0.215. The minimum Gasteiger partial charge on any atom is -0.395 e. The highest BCUT2D eigenvalue weighted by Crippen LogP contribution is 2.20. The number of aliphatic hydroxyl groups is 2. The van der Waals surface area contributed by atoms with Crippen molar-refractivity contribution in [1.82, 2.24) is 5.32 Å². The van der Waals surface area contributed by atoms with Gasteiger partial charge in [0.05, 0.1) is 12.7 Å². The molecular weight excluding hydrogens is 166 g/mol. The lowest BCUT2D eigenvalue weighted by Crippen LogP contribution is -2.46. The van der Waals surface area contributed by atoms with Crippen LogP contribution in [0.2, 0.25) is 0 Å². The van der Waals surface area contributed by atoms with Gasteiger partial charge in [-0.25, -0.2) is 0 Å². The van der Waals surface area contributed by atoms with Gasteiger partial charge in [0.25, 0.3) is 0 Å². The maximum Gasteiger partial charge on any atom is 0.0693 e. The molecule has 3 heteroatoms. The quantitative estimate of drug-likeness (QED) is 0.601. The molecule has 0 aromatic heterocycles. The van der Waals surface area contributed by atoms with E-state index >= 15 is 0 Å². The lowest BCUT2D eigenvalue weighted by molar-refractivity contribution is 0.122. The average Bonchev–Trinajstić information content (AvgIpc) is 2.46. The Hall–Kier alpha value is -0.120. The fraction of sp³-hybridized carbons (Fsp3) is 1.00. The highest BCUT2D eigenvalue weighted by atomic mass is 16.3. The molecular formula is C10H21NO2. The summed E-state index contributed by atoms with van der Waals surface area (Å²) in [5, 5.41) is 22.0. The van der Waals surface area contributed by atoms with Gasteiger partial charge in [0.2, 0.25) is 0 Å². The third-order valence-corrected chi connectivity index (χ3v) is 2.91. The monoisotopic (exact) mass is 187 g/mol. The fourth-order valence-electron chi connectivity index (χ4n) is 1.87. The van der Waals surface area contributed by atoms with Crippen LogP contribution in [0, 0.1) is 5.92 Å². The van der Waals surface area contributed by atoms with Crippen molar-refractivity contribution in [3.8, 4) is 0 Å². The first-order valence-electron chi connectivity index (χ1n) is 5.20. The van der Waals surface area contributed by atoms with Crippen molar-refractivity contribution < 1.29 is 10.2 Å². The second kappa shape index (κ2) is 4.94. The van der Waals surface area contributed by atoms with E-state index in [-0.39, 0.29) is 24.8 Å². The van der Waals surface area contributed by atoms with Crippen molar-refractivity contribution in [3.63, 3.8) is 0 Å². The van der Waals surface area contributed by atoms with E-state index in [2.05, 4.69) is 19.2 Å². The summed E-state index contributed by atoms with van der Waals surface area (Å²) in [6.45, 7) is 4.31. The van der Waals surface area contributed by atoms with Gasteiger partial charge < -0.3 is 15.5 Å². The topological polar surface area (TPSA) is 52.5 Å². The third kappa shape index (κ3) is 2.93. The standard InChI is InChI=1S/C10H21NO2/c1-7(2)9(6-12)11-8-4-3-5-10(8)13/h7-13H,3-6H2,1-2H3. The van der Waals surface area contributed by atoms with E-state index < -0.39 is 0 Å². The molecule has 3 unspecified atom stereocenters. The zero-order valence-electron chi connectivity index (χ0n) is 8.53. The summed E-state index contributed by atoms with van der Waals surface area (Å²) in [7, 11) is 0. The Morgan fingerprint density at radius 3 is 2.46 bits per heavy atom. The Kier molecular flexibility index (Phi) is 4.16. The molecule has 0 bridgehead atoms. The molecule has 0 heterocycles. The van der Waals surface area contributed by atoms with E-state index in [0.717, 1.165) is 19.3 Å². The first-order valence-corrected chi connectivity index (χ1v) is 5.20. The SMILES string of the molecule is CC(C)C(CO)NC1CCCC1O. The third-order valence-electron chi connectivity index (χ3n) is 2.91. The molecule has 0 aromatic rings. The largest absolute Gasteiger partial charge is 0.395 e. The van der Waals surface area contributed by atoms with Gasteiger partial charge in [-0.2, -0.15) is 0 Å². The van der Waals surface area contributed by atoms with Gasteiger partial charge in [0.15, 0.2) is 0 Å². The average molecular weight is 187 g/mol. The smallest absolute Gasteiger partial charge is 0.0693 e. The van der Waals surface area contributed by atoms with Crippen LogP contribution in [0.3, 0.4) is 0 Å². The van der Waals surface area contributed by atoms with Crippen molar-refractivity contribution in [1.29, 1.82) is 0 Å². The lowest BCUT2D eigenvalue weighted by Gasteiger charge is -2.26. The van der Waals surface area contributed by atoms with Crippen LogP contribution in [-0.2, 0) is 0 Å². The summed E-state index contributed by atoms with van der Waals surface area (Å²) in [6, 6.07) is 0.317. The lowest BCUT2D eigenvalue weighted by atomic mass is 10.0. The summed E-state index contributed by atoms with van der Waals surface area (Å²) in [6.07, 6.45) is 2.81. The van der Waals surface area contributed by atoms with Gasteiger partial charge in [-0.3, -0.25) is 0 Å². The van der Waals surface area contributed by atoms with E-state index in [4.69, 9.17) is 5.11 Å². The fourth-order valence-corrected chi connectivity index (χ4v) is 1.87. The van der Waals surface area contributed by atoms with E-state index in [9.17, 15) is 5.11 Å². The van der Waals surface area contributed by atoms with Gasteiger partial charge in [0.1, 0.15) is 0 Å². The van der Waals surface area contributed by atoms with Crippen LogP contribution < -0.4 is 5.32 Å². The Bertz CT molecular complexity index is 150. The summed E-state index contributed by atoms with van der Waals surface area (Å²) in [5.74, 6) is 0.415. The number of aliphatic hydroxyl groups excluding tert-OH is 2. The van der Waals surface area contributed by atoms with Crippen molar-refractivity contribution >= 4 is 0 Å². The molecule has 0 aromatic carbocycles. The molecule has 3 atom stereocenters. The van der Waals surface area contributed by atoms with Gasteiger partial charge in [0, 0.05) is 12.1 Å². The molecule has 1 saturated carbocycles. The summed E-state index contributed by atoms with van der Waals surface area (Å²) >= 11 is 0. The van der Waals surface area contributed by atoms with E-state index in [1.165, 1.54) is 0 Å². The molecule has 1 aliphatic rings. The van der Waals surface area contributed by atoms with Crippen LogP contribution in [-0.4, -0.2) is 35.0 Å². The maximum absolute atomic E-state index is 9.57. The summed E-state index contributed by atoms with van der Waals surface area (Å²) in [4.78, 5) is 0. The molecule has 78 valence electrons. The van der Waals surface area contributed by atoms with Gasteiger partial charge >= 0.3 is 0 Å². The van der Waals surface area contributed by atoms with Crippen LogP contribution in [0.4, 0.5) is 0 Å². The maximum atomic E-state index is 9.57. The molecule has 0 radical (unpaired) electrons. The predicted octanol–water partition coefficient (Wildman–Crippen LogP) is 0.506. The highest BCUT2D eigenvalue weighted by Gasteiger charge is 2.27. The van der Waals surface area contributed by atoms with Gasteiger partial charge in [-0.15, -0.1) is 0 Å². The molecule has 1 rings (SSSR count). The first-order chi connectivity index (χ1) is 6.15. The highest BCUT2D eigenvalue weighted by molar-refractivity contribution is 4.86. The molecule has 0 saturated heterocycles. The van der Waals surface area contributed by atoms with E-state index in [0.29, 0.717) is 5.92 Å². The van der Waals surface area contributed by atoms with Crippen molar-refractivity contribution in [2.24, 2.45) is 5.92 Å². The zero-order valence-corrected chi connectivity index (χ0v) is 8.53. The van der Waals surface area contributed by atoms with Crippen LogP contribution in [0.5, 0.6) is 0 Å². The summed E-state index contributed by atoms with van der Waals surface area (Å²) in [5.41, 5.74) is 0. The normalized spacial score (nSPS) is 31.2. The number of rotatable bonds is 4. The Morgan fingerprint density at radius 2 is 2.08 bits per heavy atom. The molecule has 1 aliphatic carbocycles. The zero-order chi connectivity index (χ0) is 9.84. The number of nitrogens with one attached hydrogen (secondary N) is 1. The number of hydrogen-bond acceptors (Lipinski definition) is 3. The van der Waals surface area contributed by atoms with E-state index in [1.54, 1.807) is 0 Å². The Labute approximate surface area is 80.2 Å².